The summed E-state index contributed by atoms with van der Waals surface area (Å²) in [5, 5.41) is 3.94. The van der Waals surface area contributed by atoms with E-state index in [4.69, 9.17) is 11.6 Å². The molecule has 6 nitrogen and oxygen atoms in total. The van der Waals surface area contributed by atoms with E-state index in [0.29, 0.717) is 32.5 Å². The van der Waals surface area contributed by atoms with Gasteiger partial charge < -0.3 is 0 Å². The summed E-state index contributed by atoms with van der Waals surface area (Å²) in [4.78, 5) is 44.7. The maximum atomic E-state index is 12.7. The first-order valence-corrected chi connectivity index (χ1v) is 11.2. The fraction of sp³-hybridized carbons (Fsp3) is 0.0400. The lowest BCUT2D eigenvalue weighted by molar-refractivity contribution is 0.0925. The third kappa shape index (κ3) is 3.82. The monoisotopic (exact) mass is 473 g/mol. The van der Waals surface area contributed by atoms with E-state index in [2.05, 4.69) is 10.3 Å². The number of aryl methyl sites for hydroxylation is 1. The Morgan fingerprint density at radius 3 is 2.12 bits per heavy atom. The van der Waals surface area contributed by atoms with Crippen LogP contribution in [0.4, 0.5) is 10.8 Å². The van der Waals surface area contributed by atoms with Crippen LogP contribution in [0.15, 0.2) is 72.8 Å². The molecular weight excluding hydrogens is 458 g/mol. The molecule has 0 radical (unpaired) electrons. The van der Waals surface area contributed by atoms with Gasteiger partial charge in [0.05, 0.1) is 22.5 Å². The second kappa shape index (κ2) is 8.27. The van der Waals surface area contributed by atoms with Gasteiger partial charge >= 0.3 is 0 Å². The summed E-state index contributed by atoms with van der Waals surface area (Å²) in [7, 11) is 0. The van der Waals surface area contributed by atoms with Gasteiger partial charge in [0.15, 0.2) is 5.13 Å². The summed E-state index contributed by atoms with van der Waals surface area (Å²) in [6, 6.07) is 20.4. The zero-order chi connectivity index (χ0) is 23.1. The fourth-order valence-corrected chi connectivity index (χ4v) is 4.64. The summed E-state index contributed by atoms with van der Waals surface area (Å²) in [6.45, 7) is 1.94. The maximum absolute atomic E-state index is 12.7. The van der Waals surface area contributed by atoms with Crippen LogP contribution in [0.25, 0.3) is 11.3 Å². The van der Waals surface area contributed by atoms with Crippen LogP contribution in [0.1, 0.15) is 36.0 Å². The molecule has 0 atom stereocenters. The van der Waals surface area contributed by atoms with Crippen molar-refractivity contribution in [2.75, 3.05) is 10.2 Å². The van der Waals surface area contributed by atoms with E-state index in [0.717, 1.165) is 21.0 Å². The van der Waals surface area contributed by atoms with E-state index in [1.165, 1.54) is 11.3 Å². The minimum Gasteiger partial charge on any atom is -0.298 e. The number of aromatic nitrogens is 1. The lowest BCUT2D eigenvalue weighted by atomic mass is 10.1. The third-order valence-electron chi connectivity index (χ3n) is 5.32. The van der Waals surface area contributed by atoms with Crippen molar-refractivity contribution in [3.63, 3.8) is 0 Å². The normalized spacial score (nSPS) is 12.7. The highest BCUT2D eigenvalue weighted by Gasteiger charge is 2.36. The molecule has 2 heterocycles. The molecule has 0 aliphatic carbocycles. The summed E-state index contributed by atoms with van der Waals surface area (Å²) in [5.41, 5.74) is 3.25. The molecule has 0 saturated heterocycles. The summed E-state index contributed by atoms with van der Waals surface area (Å²) >= 11 is 7.34. The second-order valence-electron chi connectivity index (χ2n) is 7.42. The van der Waals surface area contributed by atoms with Crippen LogP contribution < -0.4 is 10.2 Å². The number of anilines is 2. The quantitative estimate of drug-likeness (QED) is 0.378. The number of thiazole rings is 1. The smallest absolute Gasteiger partial charge is 0.266 e. The number of nitrogens with zero attached hydrogens (tertiary/aromatic N) is 2. The number of halogens is 1. The predicted octanol–water partition coefficient (Wildman–Crippen LogP) is 5.82. The van der Waals surface area contributed by atoms with Crippen LogP contribution >= 0.6 is 22.9 Å². The molecule has 1 aromatic heterocycles. The van der Waals surface area contributed by atoms with Crippen molar-refractivity contribution in [1.29, 1.82) is 0 Å². The minimum absolute atomic E-state index is 0.333. The van der Waals surface area contributed by atoms with Gasteiger partial charge in [-0.2, -0.15) is 0 Å². The first kappa shape index (κ1) is 21.1. The number of rotatable bonds is 4. The number of carbonyl (C=O) groups excluding carboxylic acids is 3. The minimum atomic E-state index is -0.374. The molecule has 4 aromatic rings. The highest BCUT2D eigenvalue weighted by Crippen LogP contribution is 2.32. The molecular formula is C25H16ClN3O3S. The average Bonchev–Trinajstić information content (AvgIpc) is 3.31. The Labute approximate surface area is 198 Å². The molecule has 0 bridgehead atoms. The van der Waals surface area contributed by atoms with E-state index in [9.17, 15) is 14.4 Å². The standard InChI is InChI=1S/C25H16ClN3O3S/c1-14-21(15-6-10-17(26)11-7-15)27-25(33-14)28-22(30)16-8-12-18(13-9-16)29-23(31)19-4-2-3-5-20(19)24(29)32/h2-13H,1H3,(H,27,28,30). The molecule has 3 aromatic carbocycles. The molecule has 5 rings (SSSR count). The predicted molar refractivity (Wildman–Crippen MR) is 129 cm³/mol. The Bertz CT molecular complexity index is 1380. The Balaban J connectivity index is 1.33. The van der Waals surface area contributed by atoms with E-state index < -0.39 is 0 Å². The number of benzene rings is 3. The van der Waals surface area contributed by atoms with Crippen molar-refractivity contribution in [2.45, 2.75) is 6.92 Å². The maximum Gasteiger partial charge on any atom is 0.266 e. The molecule has 0 spiro atoms. The van der Waals surface area contributed by atoms with Gasteiger partial charge in [0.2, 0.25) is 0 Å². The van der Waals surface area contributed by atoms with Crippen molar-refractivity contribution in [2.24, 2.45) is 0 Å². The molecule has 0 fully saturated rings. The first-order chi connectivity index (χ1) is 15.9. The first-order valence-electron chi connectivity index (χ1n) is 10.0. The highest BCUT2D eigenvalue weighted by atomic mass is 35.5. The van der Waals surface area contributed by atoms with Gasteiger partial charge in [-0.05, 0) is 55.5 Å². The molecule has 0 saturated carbocycles. The number of carbonyl (C=O) groups is 3. The largest absolute Gasteiger partial charge is 0.298 e. The highest BCUT2D eigenvalue weighted by molar-refractivity contribution is 7.16. The van der Waals surface area contributed by atoms with Crippen LogP contribution in [-0.2, 0) is 0 Å². The Hall–Kier alpha value is -3.81. The fourth-order valence-electron chi connectivity index (χ4n) is 3.68. The summed E-state index contributed by atoms with van der Waals surface area (Å²) in [5.74, 6) is -1.08. The van der Waals surface area contributed by atoms with Gasteiger partial charge in [0.25, 0.3) is 17.7 Å². The van der Waals surface area contributed by atoms with Gasteiger partial charge in [-0.1, -0.05) is 35.9 Å². The number of imide groups is 1. The van der Waals surface area contributed by atoms with Crippen LogP contribution in [0, 0.1) is 6.92 Å². The number of nitrogens with one attached hydrogen (secondary N) is 1. The molecule has 33 heavy (non-hydrogen) atoms. The lowest BCUT2D eigenvalue weighted by Crippen LogP contribution is -2.29. The third-order valence-corrected chi connectivity index (χ3v) is 6.45. The molecule has 1 N–H and O–H groups in total. The number of hydrogen-bond donors (Lipinski definition) is 1. The van der Waals surface area contributed by atoms with Gasteiger partial charge in [-0.15, -0.1) is 11.3 Å². The molecule has 8 heteroatoms. The van der Waals surface area contributed by atoms with Gasteiger partial charge in [0.1, 0.15) is 0 Å². The molecule has 1 aliphatic heterocycles. The van der Waals surface area contributed by atoms with Crippen molar-refractivity contribution in [1.82, 2.24) is 4.98 Å². The Morgan fingerprint density at radius 1 is 0.909 bits per heavy atom. The summed E-state index contributed by atoms with van der Waals surface area (Å²) < 4.78 is 0. The van der Waals surface area contributed by atoms with Crippen molar-refractivity contribution in [3.05, 3.63) is 99.4 Å². The topological polar surface area (TPSA) is 79.4 Å². The van der Waals surface area contributed by atoms with Crippen molar-refractivity contribution in [3.8, 4) is 11.3 Å². The molecule has 3 amide bonds. The van der Waals surface area contributed by atoms with Crippen LogP contribution in [0.2, 0.25) is 5.02 Å². The number of amides is 3. The zero-order valence-electron chi connectivity index (χ0n) is 17.3. The van der Waals surface area contributed by atoms with Crippen LogP contribution in [-0.4, -0.2) is 22.7 Å². The van der Waals surface area contributed by atoms with Crippen molar-refractivity contribution < 1.29 is 14.4 Å². The van der Waals surface area contributed by atoms with E-state index in [1.807, 2.05) is 19.1 Å². The molecule has 0 unspecified atom stereocenters. The molecule has 162 valence electrons. The average molecular weight is 474 g/mol. The number of fused-ring (bicyclic) bond motifs is 1. The van der Waals surface area contributed by atoms with Gasteiger partial charge in [-0.3, -0.25) is 19.7 Å². The van der Waals surface area contributed by atoms with E-state index >= 15 is 0 Å². The lowest BCUT2D eigenvalue weighted by Gasteiger charge is -2.14. The van der Waals surface area contributed by atoms with Crippen LogP contribution in [0.3, 0.4) is 0 Å². The second-order valence-corrected chi connectivity index (χ2v) is 9.06. The SMILES string of the molecule is Cc1sc(NC(=O)c2ccc(N3C(=O)c4ccccc4C3=O)cc2)nc1-c1ccc(Cl)cc1. The summed E-state index contributed by atoms with van der Waals surface area (Å²) in [6.07, 6.45) is 0. The Morgan fingerprint density at radius 2 is 1.52 bits per heavy atom. The zero-order valence-corrected chi connectivity index (χ0v) is 18.9. The van der Waals surface area contributed by atoms with E-state index in [-0.39, 0.29) is 17.7 Å². The van der Waals surface area contributed by atoms with Crippen LogP contribution in [0.5, 0.6) is 0 Å². The molecule has 1 aliphatic rings. The Kier molecular flexibility index (Phi) is 5.28. The van der Waals surface area contributed by atoms with Gasteiger partial charge in [0, 0.05) is 21.0 Å². The number of hydrogen-bond acceptors (Lipinski definition) is 5. The van der Waals surface area contributed by atoms with E-state index in [1.54, 1.807) is 60.7 Å². The van der Waals surface area contributed by atoms with Gasteiger partial charge in [-0.25, -0.2) is 9.88 Å². The van der Waals surface area contributed by atoms with Crippen molar-refractivity contribution >= 4 is 51.5 Å².